The highest BCUT2D eigenvalue weighted by molar-refractivity contribution is 5.90. The van der Waals surface area contributed by atoms with Crippen LogP contribution >= 0.6 is 0 Å². The molecule has 0 radical (unpaired) electrons. The Labute approximate surface area is 124 Å². The average Bonchev–Trinajstić information content (AvgIpc) is 2.90. The van der Waals surface area contributed by atoms with Crippen molar-refractivity contribution in [1.82, 2.24) is 0 Å². The van der Waals surface area contributed by atoms with E-state index in [-0.39, 0.29) is 5.97 Å². The molecule has 3 nitrogen and oxygen atoms in total. The van der Waals surface area contributed by atoms with Crippen molar-refractivity contribution in [2.45, 2.75) is 25.8 Å². The fourth-order valence-electron chi connectivity index (χ4n) is 2.95. The van der Waals surface area contributed by atoms with Gasteiger partial charge in [0.15, 0.2) is 0 Å². The van der Waals surface area contributed by atoms with Crippen LogP contribution in [0.2, 0.25) is 0 Å². The summed E-state index contributed by atoms with van der Waals surface area (Å²) in [6.07, 6.45) is 2.10. The highest BCUT2D eigenvalue weighted by atomic mass is 16.5. The number of ether oxygens (including phenoxy) is 1. The van der Waals surface area contributed by atoms with Gasteiger partial charge in [0.1, 0.15) is 0 Å². The highest BCUT2D eigenvalue weighted by Crippen LogP contribution is 2.26. The molecule has 3 heteroatoms. The lowest BCUT2D eigenvalue weighted by Gasteiger charge is -2.16. The largest absolute Gasteiger partial charge is 0.465 e. The molecule has 0 atom stereocenters. The van der Waals surface area contributed by atoms with E-state index in [9.17, 15) is 4.79 Å². The average molecular weight is 281 g/mol. The Kier molecular flexibility index (Phi) is 3.65. The first kappa shape index (κ1) is 13.7. The summed E-state index contributed by atoms with van der Waals surface area (Å²) in [7, 11) is 1.40. The second-order valence-electron chi connectivity index (χ2n) is 5.54. The Morgan fingerprint density at radius 3 is 2.38 bits per heavy atom. The number of methoxy groups -OCH3 is 1. The van der Waals surface area contributed by atoms with Crippen LogP contribution in [0.3, 0.4) is 0 Å². The van der Waals surface area contributed by atoms with E-state index >= 15 is 0 Å². The number of anilines is 1. The molecule has 108 valence electrons. The van der Waals surface area contributed by atoms with Crippen LogP contribution in [0.4, 0.5) is 5.69 Å². The molecule has 2 aromatic carbocycles. The first-order chi connectivity index (χ1) is 10.2. The van der Waals surface area contributed by atoms with E-state index < -0.39 is 0 Å². The number of benzene rings is 2. The molecule has 0 spiro atoms. The lowest BCUT2D eigenvalue weighted by atomic mass is 10.1. The van der Waals surface area contributed by atoms with Crippen LogP contribution < -0.4 is 5.32 Å². The predicted octanol–water partition coefficient (Wildman–Crippen LogP) is 3.36. The van der Waals surface area contributed by atoms with Gasteiger partial charge < -0.3 is 10.1 Å². The predicted molar refractivity (Wildman–Crippen MR) is 83.8 cm³/mol. The highest BCUT2D eigenvalue weighted by Gasteiger charge is 2.21. The van der Waals surface area contributed by atoms with Crippen LogP contribution in [-0.4, -0.2) is 19.1 Å². The number of carbonyl (C=O) groups excluding carboxylic acids is 1. The maximum atomic E-state index is 11.5. The van der Waals surface area contributed by atoms with E-state index in [4.69, 9.17) is 4.74 Å². The van der Waals surface area contributed by atoms with E-state index in [1.165, 1.54) is 18.2 Å². The quantitative estimate of drug-likeness (QED) is 0.877. The summed E-state index contributed by atoms with van der Waals surface area (Å²) in [5.74, 6) is -0.294. The molecule has 0 heterocycles. The number of aryl methyl sites for hydroxylation is 1. The Balaban J connectivity index is 1.74. The zero-order valence-electron chi connectivity index (χ0n) is 12.3. The molecule has 21 heavy (non-hydrogen) atoms. The van der Waals surface area contributed by atoms with Crippen molar-refractivity contribution < 1.29 is 9.53 Å². The Morgan fingerprint density at radius 2 is 1.81 bits per heavy atom. The third kappa shape index (κ3) is 2.77. The minimum atomic E-state index is -0.294. The van der Waals surface area contributed by atoms with Gasteiger partial charge >= 0.3 is 5.97 Å². The van der Waals surface area contributed by atoms with E-state index in [1.54, 1.807) is 0 Å². The molecular formula is C18H19NO2. The van der Waals surface area contributed by atoms with E-state index in [0.717, 1.165) is 24.1 Å². The first-order valence-corrected chi connectivity index (χ1v) is 7.19. The molecule has 0 amide bonds. The van der Waals surface area contributed by atoms with Gasteiger partial charge in [-0.2, -0.15) is 0 Å². The first-order valence-electron chi connectivity index (χ1n) is 7.19. The fourth-order valence-corrected chi connectivity index (χ4v) is 2.95. The molecule has 3 rings (SSSR count). The Bertz CT molecular complexity index is 654. The van der Waals surface area contributed by atoms with Crippen molar-refractivity contribution in [3.05, 3.63) is 64.7 Å². The standard InChI is InChI=1S/C18H19NO2/c1-12-9-15(18(20)21-2)7-8-17(12)19-16-10-13-5-3-4-6-14(13)11-16/h3-9,16,19H,10-11H2,1-2H3. The van der Waals surface area contributed by atoms with Gasteiger partial charge in [0.05, 0.1) is 12.7 Å². The van der Waals surface area contributed by atoms with Crippen molar-refractivity contribution in [3.8, 4) is 0 Å². The summed E-state index contributed by atoms with van der Waals surface area (Å²) in [4.78, 5) is 11.5. The van der Waals surface area contributed by atoms with Crippen LogP contribution in [-0.2, 0) is 17.6 Å². The van der Waals surface area contributed by atoms with E-state index in [1.807, 2.05) is 25.1 Å². The molecule has 1 aliphatic carbocycles. The molecule has 2 aromatic rings. The van der Waals surface area contributed by atoms with Crippen molar-refractivity contribution in [2.24, 2.45) is 0 Å². The molecular weight excluding hydrogens is 262 g/mol. The summed E-state index contributed by atoms with van der Waals surface area (Å²) in [5.41, 5.74) is 5.60. The SMILES string of the molecule is COC(=O)c1ccc(NC2Cc3ccccc3C2)c(C)c1. The lowest BCUT2D eigenvalue weighted by Crippen LogP contribution is -2.20. The number of hydrogen-bond donors (Lipinski definition) is 1. The summed E-state index contributed by atoms with van der Waals surface area (Å²) < 4.78 is 4.75. The summed E-state index contributed by atoms with van der Waals surface area (Å²) >= 11 is 0. The number of esters is 1. The Morgan fingerprint density at radius 1 is 1.14 bits per heavy atom. The van der Waals surface area contributed by atoms with Gasteiger partial charge in [-0.3, -0.25) is 0 Å². The van der Waals surface area contributed by atoms with Crippen LogP contribution in [0.15, 0.2) is 42.5 Å². The lowest BCUT2D eigenvalue weighted by molar-refractivity contribution is 0.0600. The minimum Gasteiger partial charge on any atom is -0.465 e. The van der Waals surface area contributed by atoms with E-state index in [0.29, 0.717) is 11.6 Å². The third-order valence-electron chi connectivity index (χ3n) is 4.06. The van der Waals surface area contributed by atoms with Crippen molar-refractivity contribution in [1.29, 1.82) is 0 Å². The third-order valence-corrected chi connectivity index (χ3v) is 4.06. The summed E-state index contributed by atoms with van der Waals surface area (Å²) in [6.45, 7) is 2.01. The molecule has 0 bridgehead atoms. The van der Waals surface area contributed by atoms with Crippen LogP contribution in [0.1, 0.15) is 27.0 Å². The van der Waals surface area contributed by atoms with Crippen molar-refractivity contribution in [3.63, 3.8) is 0 Å². The van der Waals surface area contributed by atoms with Gasteiger partial charge in [-0.1, -0.05) is 24.3 Å². The smallest absolute Gasteiger partial charge is 0.337 e. The normalized spacial score (nSPS) is 13.8. The van der Waals surface area contributed by atoms with Gasteiger partial charge in [0, 0.05) is 11.7 Å². The summed E-state index contributed by atoms with van der Waals surface area (Å²) in [6, 6.07) is 14.7. The zero-order chi connectivity index (χ0) is 14.8. The van der Waals surface area contributed by atoms with Crippen LogP contribution in [0.5, 0.6) is 0 Å². The monoisotopic (exact) mass is 281 g/mol. The minimum absolute atomic E-state index is 0.294. The molecule has 0 unspecified atom stereocenters. The molecule has 0 fully saturated rings. The van der Waals surface area contributed by atoms with Gasteiger partial charge in [0.2, 0.25) is 0 Å². The second kappa shape index (κ2) is 5.60. The number of rotatable bonds is 3. The van der Waals surface area contributed by atoms with Gasteiger partial charge in [-0.25, -0.2) is 4.79 Å². The molecule has 1 aliphatic rings. The van der Waals surface area contributed by atoms with Gasteiger partial charge in [0.25, 0.3) is 0 Å². The Hall–Kier alpha value is -2.29. The van der Waals surface area contributed by atoms with Gasteiger partial charge in [-0.15, -0.1) is 0 Å². The van der Waals surface area contributed by atoms with Crippen LogP contribution in [0, 0.1) is 6.92 Å². The van der Waals surface area contributed by atoms with Crippen molar-refractivity contribution >= 4 is 11.7 Å². The van der Waals surface area contributed by atoms with Crippen LogP contribution in [0.25, 0.3) is 0 Å². The van der Waals surface area contributed by atoms with Gasteiger partial charge in [-0.05, 0) is 54.7 Å². The molecule has 0 aromatic heterocycles. The van der Waals surface area contributed by atoms with E-state index in [2.05, 4.69) is 29.6 Å². The number of hydrogen-bond acceptors (Lipinski definition) is 3. The second-order valence-corrected chi connectivity index (χ2v) is 5.54. The number of nitrogens with one attached hydrogen (secondary N) is 1. The number of fused-ring (bicyclic) bond motifs is 1. The topological polar surface area (TPSA) is 38.3 Å². The maximum absolute atomic E-state index is 11.5. The maximum Gasteiger partial charge on any atom is 0.337 e. The molecule has 1 N–H and O–H groups in total. The molecule has 0 saturated carbocycles. The summed E-state index contributed by atoms with van der Waals surface area (Å²) in [5, 5.41) is 3.59. The van der Waals surface area contributed by atoms with Crippen molar-refractivity contribution in [2.75, 3.05) is 12.4 Å². The molecule has 0 saturated heterocycles. The zero-order valence-corrected chi connectivity index (χ0v) is 12.3. The number of carbonyl (C=O) groups is 1. The molecule has 0 aliphatic heterocycles. The fraction of sp³-hybridized carbons (Fsp3) is 0.278.